The normalized spacial score (nSPS) is 12.8. The molecule has 0 saturated heterocycles. The van der Waals surface area contributed by atoms with Gasteiger partial charge in [0.25, 0.3) is 0 Å². The summed E-state index contributed by atoms with van der Waals surface area (Å²) in [4.78, 5) is 20.8. The molecule has 1 amide bonds. The van der Waals surface area contributed by atoms with Crippen molar-refractivity contribution in [1.29, 1.82) is 0 Å². The van der Waals surface area contributed by atoms with Crippen molar-refractivity contribution in [1.82, 2.24) is 54.3 Å². The minimum absolute atomic E-state index is 0.103. The maximum absolute atomic E-state index is 14.0. The molecule has 8 aromatic heterocycles. The fourth-order valence-corrected chi connectivity index (χ4v) is 22.0. The van der Waals surface area contributed by atoms with Crippen molar-refractivity contribution in [2.75, 3.05) is 62.7 Å². The molecule has 0 aliphatic heterocycles. The summed E-state index contributed by atoms with van der Waals surface area (Å²) in [6.45, 7) is 20.0. The van der Waals surface area contributed by atoms with Gasteiger partial charge in [-0.15, -0.1) is 0 Å². The van der Waals surface area contributed by atoms with Crippen molar-refractivity contribution in [3.63, 3.8) is 0 Å². The number of nitrogens with one attached hydrogen (secondary N) is 3. The second-order valence-electron chi connectivity index (χ2n) is 31.4. The van der Waals surface area contributed by atoms with Crippen LogP contribution in [0.2, 0.25) is 0 Å². The number of halogens is 3. The summed E-state index contributed by atoms with van der Waals surface area (Å²) >= 11 is 0. The Morgan fingerprint density at radius 2 is 0.757 bits per heavy atom. The van der Waals surface area contributed by atoms with Crippen LogP contribution in [0, 0.1) is 24.4 Å². The summed E-state index contributed by atoms with van der Waals surface area (Å²) < 4.78 is 149. The van der Waals surface area contributed by atoms with Gasteiger partial charge >= 0.3 is 0 Å². The second-order valence-corrected chi connectivity index (χ2v) is 44.1. The second kappa shape index (κ2) is 28.6. The van der Waals surface area contributed by atoms with Gasteiger partial charge in [0.2, 0.25) is 5.91 Å². The smallest absolute Gasteiger partial charge is 0.248 e. The van der Waals surface area contributed by atoms with E-state index < -0.39 is 65.9 Å². The first kappa shape index (κ1) is 78.6. The van der Waals surface area contributed by atoms with Gasteiger partial charge in [0.05, 0.1) is 74.4 Å². The summed E-state index contributed by atoms with van der Waals surface area (Å²) in [5.74, 6) is -1.94. The van der Waals surface area contributed by atoms with E-state index in [1.807, 2.05) is 111 Å². The summed E-state index contributed by atoms with van der Waals surface area (Å²) in [5, 5.41) is 26.8. The lowest BCUT2D eigenvalue weighted by atomic mass is 9.85. The monoisotopic (exact) mass is 1590 g/mol. The predicted molar refractivity (Wildman–Crippen MR) is 440 cm³/mol. The Labute approximate surface area is 640 Å². The standard InChI is InChI=1S/C28H30FN4O3PS.C27H28FN4O3PS.C27H25FN4O3S/c1-17-11-19(14-30-27(17)37(4,5)34)25-22-13-23-18(15-31-32-23)12-24(22)33(21-9-7-20(29)8-10-21)26(25)28(2,3)16-38(6,35)36;1-27(2,16-37(5,34)35)26-25(17-6-11-24(29-14-17)36(3,4)33)21-13-22-18(15-30-31-22)12-23(21)32(26)20-9-7-19(28)8-10-20;1-27(2,15-36(3,34)35)25-24(16-4-6-17(7-5-16)26(29)33)21-13-22-18(14-30-31-22)12-23(21)32(25)20-10-8-19(28)9-11-20/h7-15H,16H2,1-6H3,(H,31,32);6-15H,16H2,1-5H3,(H,30,31);4-14H,15H2,1-3H3,(H2,29,33)(H,30,31). The van der Waals surface area contributed by atoms with E-state index in [4.69, 9.17) is 5.73 Å². The topological polar surface area (TPSA) is 306 Å². The predicted octanol–water partition coefficient (Wildman–Crippen LogP) is 15.6. The molecule has 0 saturated carbocycles. The zero-order chi connectivity index (χ0) is 80.2. The number of benzene rings is 7. The number of fused-ring (bicyclic) bond motifs is 6. The van der Waals surface area contributed by atoms with Gasteiger partial charge in [-0.05, 0) is 178 Å². The summed E-state index contributed by atoms with van der Waals surface area (Å²) in [6.07, 6.45) is 12.3. The zero-order valence-corrected chi connectivity index (χ0v) is 67.8. The molecule has 0 spiro atoms. The van der Waals surface area contributed by atoms with Crippen molar-refractivity contribution >= 4 is 126 Å². The van der Waals surface area contributed by atoms with Crippen LogP contribution < -0.4 is 16.6 Å². The molecule has 0 fully saturated rings. The van der Waals surface area contributed by atoms with E-state index in [1.54, 1.807) is 124 Å². The first-order chi connectivity index (χ1) is 51.8. The first-order valence-electron chi connectivity index (χ1n) is 35.2. The number of aromatic amines is 3. The molecule has 21 nitrogen and oxygen atoms in total. The Bertz CT molecular complexity index is 6680. The molecular formula is C82H83F3N12O9P2S3. The lowest BCUT2D eigenvalue weighted by Crippen LogP contribution is -2.30. The fourth-order valence-electron chi connectivity index (χ4n) is 15.6. The van der Waals surface area contributed by atoms with Crippen LogP contribution in [-0.2, 0) is 54.9 Å². The van der Waals surface area contributed by atoms with Crippen molar-refractivity contribution < 1.29 is 52.3 Å². The lowest BCUT2D eigenvalue weighted by Gasteiger charge is -2.28. The Morgan fingerprint density at radius 1 is 0.432 bits per heavy atom. The number of aromatic nitrogens is 11. The highest BCUT2D eigenvalue weighted by Crippen LogP contribution is 2.49. The van der Waals surface area contributed by atoms with E-state index >= 15 is 0 Å². The molecule has 0 aliphatic rings. The number of primary amides is 1. The van der Waals surface area contributed by atoms with Crippen LogP contribution in [0.4, 0.5) is 13.2 Å². The van der Waals surface area contributed by atoms with Crippen molar-refractivity contribution in [3.8, 4) is 50.4 Å². The molecule has 7 aromatic carbocycles. The molecule has 8 heterocycles. The molecule has 111 heavy (non-hydrogen) atoms. The lowest BCUT2D eigenvalue weighted by molar-refractivity contribution is 0.1000. The van der Waals surface area contributed by atoms with Gasteiger partial charge in [-0.2, -0.15) is 15.3 Å². The summed E-state index contributed by atoms with van der Waals surface area (Å²) in [5.41, 5.74) is 19.3. The number of carbonyl (C=O) groups is 1. The summed E-state index contributed by atoms with van der Waals surface area (Å²) in [6, 6.07) is 42.9. The number of rotatable bonds is 18. The van der Waals surface area contributed by atoms with Crippen LogP contribution in [0.25, 0.3) is 116 Å². The highest BCUT2D eigenvalue weighted by molar-refractivity contribution is 7.91. The molecule has 574 valence electrons. The quantitative estimate of drug-likeness (QED) is 0.0581. The number of carbonyl (C=O) groups excluding carboxylic acids is 1. The van der Waals surface area contributed by atoms with Crippen LogP contribution in [0.1, 0.15) is 74.5 Å². The van der Waals surface area contributed by atoms with E-state index in [-0.39, 0.29) is 34.7 Å². The van der Waals surface area contributed by atoms with Crippen LogP contribution in [-0.4, -0.2) is 148 Å². The van der Waals surface area contributed by atoms with Crippen molar-refractivity contribution in [3.05, 3.63) is 228 Å². The molecule has 5 N–H and O–H groups in total. The highest BCUT2D eigenvalue weighted by atomic mass is 32.2. The number of pyridine rings is 2. The molecule has 0 atom stereocenters. The Morgan fingerprint density at radius 3 is 1.05 bits per heavy atom. The van der Waals surface area contributed by atoms with E-state index in [1.165, 1.54) is 55.2 Å². The molecule has 29 heteroatoms. The molecule has 0 aliphatic carbocycles. The Kier molecular flexibility index (Phi) is 20.3. The first-order valence-corrected chi connectivity index (χ1v) is 46.5. The van der Waals surface area contributed by atoms with E-state index in [9.17, 15) is 52.3 Å². The number of H-pyrrole nitrogens is 3. The van der Waals surface area contributed by atoms with E-state index in [0.717, 1.165) is 121 Å². The molecule has 15 aromatic rings. The molecule has 0 unspecified atom stereocenters. The number of hydrogen-bond donors (Lipinski definition) is 4. The van der Waals surface area contributed by atoms with Gasteiger partial charge in [0.1, 0.15) is 66.7 Å². The van der Waals surface area contributed by atoms with Gasteiger partial charge < -0.3 is 28.6 Å². The molecule has 0 bridgehead atoms. The van der Waals surface area contributed by atoms with Gasteiger partial charge in [-0.1, -0.05) is 59.7 Å². The van der Waals surface area contributed by atoms with Gasteiger partial charge in [-0.25, -0.2) is 38.4 Å². The van der Waals surface area contributed by atoms with Crippen molar-refractivity contribution in [2.24, 2.45) is 5.73 Å². The zero-order valence-electron chi connectivity index (χ0n) is 63.5. The number of nitrogens with zero attached hydrogens (tertiary/aromatic N) is 8. The largest absolute Gasteiger partial charge is 0.366 e. The van der Waals surface area contributed by atoms with Crippen LogP contribution in [0.5, 0.6) is 0 Å². The maximum Gasteiger partial charge on any atom is 0.248 e. The third kappa shape index (κ3) is 16.1. The minimum Gasteiger partial charge on any atom is -0.366 e. The third-order valence-corrected chi connectivity index (χ3v) is 26.1. The third-order valence-electron chi connectivity index (χ3n) is 19.5. The number of sulfone groups is 3. The van der Waals surface area contributed by atoms with Crippen LogP contribution in [0.15, 0.2) is 183 Å². The van der Waals surface area contributed by atoms with Gasteiger partial charge in [-0.3, -0.25) is 30.1 Å². The SMILES string of the molecule is CC(C)(CS(C)(=O)=O)c1c(-c2ccc(C(N)=O)cc2)c2cc3[nH]ncc3cc2n1-c1ccc(F)cc1.CC(C)(CS(C)(=O)=O)c1c(-c2ccc(P(C)(C)=O)nc2)c2cc3[nH]ncc3cc2n1-c1ccc(F)cc1.Cc1cc(-c2c(C(C)(C)CS(C)(=O)=O)n(-c3ccc(F)cc3)c3cc4cn[nH]c4cc23)cnc1P(C)(C)=O. The summed E-state index contributed by atoms with van der Waals surface area (Å²) in [7, 11) is -15.3. The number of aryl methyl sites for hydroxylation is 1. The van der Waals surface area contributed by atoms with E-state index in [0.29, 0.717) is 33.5 Å². The molecule has 15 rings (SSSR count). The van der Waals surface area contributed by atoms with Crippen molar-refractivity contribution in [2.45, 2.75) is 64.7 Å². The number of nitrogens with two attached hydrogens (primary N) is 1. The van der Waals surface area contributed by atoms with Gasteiger partial charge in [0.15, 0.2) is 0 Å². The average Bonchev–Trinajstić information content (AvgIpc) is 1.56. The maximum atomic E-state index is 14.0. The Hall–Kier alpha value is -10.6. The molecule has 0 radical (unpaired) electrons. The van der Waals surface area contributed by atoms with Gasteiger partial charge in [0, 0.05) is 147 Å². The molecular weight excluding hydrogens is 1510 g/mol. The fraction of sp³-hybridized carbons (Fsp3) is 0.244. The van der Waals surface area contributed by atoms with E-state index in [2.05, 4.69) is 40.6 Å². The Balaban J connectivity index is 0.000000146. The van der Waals surface area contributed by atoms with Crippen LogP contribution in [0.3, 0.4) is 0 Å². The number of amides is 1. The van der Waals surface area contributed by atoms with Crippen LogP contribution >= 0.6 is 14.3 Å². The highest BCUT2D eigenvalue weighted by Gasteiger charge is 2.39. The number of hydrogen-bond acceptors (Lipinski definition) is 14. The minimum atomic E-state index is -3.38. The average molecular weight is 1600 g/mol.